The smallest absolute Gasteiger partial charge is 0.213 e. The van der Waals surface area contributed by atoms with Gasteiger partial charge >= 0.3 is 0 Å². The zero-order chi connectivity index (χ0) is 13.9. The minimum atomic E-state index is -0.698. The maximum absolute atomic E-state index is 6.08. The van der Waals surface area contributed by atoms with Crippen LogP contribution in [0.2, 0.25) is 12.1 Å². The van der Waals surface area contributed by atoms with Crippen molar-refractivity contribution in [3.8, 4) is 0 Å². The first-order chi connectivity index (χ1) is 9.31. The predicted octanol–water partition coefficient (Wildman–Crippen LogP) is 3.94. The van der Waals surface area contributed by atoms with Gasteiger partial charge in [0.05, 0.1) is 0 Å². The normalized spacial score (nSPS) is 10.9. The van der Waals surface area contributed by atoms with Gasteiger partial charge in [0.25, 0.3) is 0 Å². The molecule has 0 fully saturated rings. The van der Waals surface area contributed by atoms with Crippen LogP contribution in [-0.4, -0.2) is 29.4 Å². The van der Waals surface area contributed by atoms with Crippen LogP contribution in [-0.2, 0) is 15.6 Å². The summed E-state index contributed by atoms with van der Waals surface area (Å²) in [6.45, 7) is 7.70. The van der Waals surface area contributed by atoms with Gasteiger partial charge < -0.3 is 9.16 Å². The van der Waals surface area contributed by atoms with Gasteiger partial charge in [-0.2, -0.15) is 0 Å². The van der Waals surface area contributed by atoms with E-state index in [4.69, 9.17) is 9.16 Å². The van der Waals surface area contributed by atoms with Crippen LogP contribution < -0.4 is 0 Å². The van der Waals surface area contributed by atoms with E-state index in [9.17, 15) is 0 Å². The fourth-order valence-corrected chi connectivity index (χ4v) is 3.95. The van der Waals surface area contributed by atoms with Crippen LogP contribution >= 0.6 is 0 Å². The Morgan fingerprint density at radius 2 is 2.00 bits per heavy atom. The number of hydrogen-bond acceptors (Lipinski definition) is 2. The number of methoxy groups -OCH3 is 1. The molecule has 19 heavy (non-hydrogen) atoms. The lowest BCUT2D eigenvalue weighted by Crippen LogP contribution is -2.21. The number of benzene rings is 1. The van der Waals surface area contributed by atoms with Gasteiger partial charge in [-0.15, -0.1) is 0 Å². The van der Waals surface area contributed by atoms with Gasteiger partial charge in [-0.05, 0) is 29.6 Å². The molecule has 1 rings (SSSR count). The molecule has 1 aromatic rings. The molecule has 0 saturated heterocycles. The molecular weight excluding hydrogens is 252 g/mol. The third-order valence-electron chi connectivity index (χ3n) is 3.07. The molecule has 0 aliphatic heterocycles. The van der Waals surface area contributed by atoms with Crippen LogP contribution in [0.4, 0.5) is 0 Å². The van der Waals surface area contributed by atoms with Gasteiger partial charge in [-0.3, -0.25) is 0 Å². The molecule has 0 unspecified atom stereocenters. The van der Waals surface area contributed by atoms with Crippen molar-refractivity contribution in [3.05, 3.63) is 42.0 Å². The van der Waals surface area contributed by atoms with E-state index in [1.54, 1.807) is 7.11 Å². The van der Waals surface area contributed by atoms with Crippen LogP contribution in [0.3, 0.4) is 0 Å². The summed E-state index contributed by atoms with van der Waals surface area (Å²) in [5.74, 6) is 0. The monoisotopic (exact) mass is 277 g/mol. The summed E-state index contributed by atoms with van der Waals surface area (Å²) in [7, 11) is 1.06. The topological polar surface area (TPSA) is 18.5 Å². The van der Waals surface area contributed by atoms with Gasteiger partial charge in [0.1, 0.15) is 0 Å². The van der Waals surface area contributed by atoms with Gasteiger partial charge in [0, 0.05) is 20.3 Å². The molecule has 3 heteroatoms. The zero-order valence-electron chi connectivity index (χ0n) is 12.2. The van der Waals surface area contributed by atoms with Crippen molar-refractivity contribution in [2.24, 2.45) is 0 Å². The van der Waals surface area contributed by atoms with Crippen LogP contribution in [0.1, 0.15) is 24.5 Å². The summed E-state index contributed by atoms with van der Waals surface area (Å²) >= 11 is 0. The summed E-state index contributed by atoms with van der Waals surface area (Å²) in [4.78, 5) is 0. The van der Waals surface area contributed by atoms with E-state index in [0.717, 1.165) is 25.7 Å². The minimum absolute atomic E-state index is 0.698. The lowest BCUT2D eigenvalue weighted by Gasteiger charge is -2.15. The Morgan fingerprint density at radius 3 is 2.68 bits per heavy atom. The summed E-state index contributed by atoms with van der Waals surface area (Å²) in [6, 6.07) is 10.7. The molecule has 0 atom stereocenters. The molecule has 0 aromatic heterocycles. The van der Waals surface area contributed by atoms with Crippen molar-refractivity contribution in [2.75, 3.05) is 20.3 Å². The van der Waals surface area contributed by atoms with Crippen LogP contribution in [0.25, 0.3) is 6.08 Å². The Labute approximate surface area is 119 Å². The van der Waals surface area contributed by atoms with E-state index in [-0.39, 0.29) is 0 Å². The SMILES string of the molecule is C=Cc1ccccc1CCO[Si](CCC)CCOC. The van der Waals surface area contributed by atoms with Crippen molar-refractivity contribution < 1.29 is 9.16 Å². The third-order valence-corrected chi connectivity index (χ3v) is 5.50. The van der Waals surface area contributed by atoms with E-state index in [1.807, 2.05) is 12.1 Å². The summed E-state index contributed by atoms with van der Waals surface area (Å²) in [5, 5.41) is 0. The van der Waals surface area contributed by atoms with Crippen molar-refractivity contribution in [2.45, 2.75) is 31.9 Å². The van der Waals surface area contributed by atoms with Gasteiger partial charge in [0.2, 0.25) is 9.04 Å². The molecule has 0 spiro atoms. The molecular formula is C16H25O2Si. The van der Waals surface area contributed by atoms with Gasteiger partial charge in [-0.25, -0.2) is 0 Å². The van der Waals surface area contributed by atoms with E-state index in [2.05, 4.69) is 31.7 Å². The van der Waals surface area contributed by atoms with Crippen LogP contribution in [0, 0.1) is 0 Å². The quantitative estimate of drug-likeness (QED) is 0.603. The van der Waals surface area contributed by atoms with Gasteiger partial charge in [0.15, 0.2) is 0 Å². The second kappa shape index (κ2) is 9.95. The zero-order valence-corrected chi connectivity index (χ0v) is 13.2. The molecule has 0 aliphatic carbocycles. The Morgan fingerprint density at radius 1 is 1.21 bits per heavy atom. The Hall–Kier alpha value is -0.903. The van der Waals surface area contributed by atoms with Crippen LogP contribution in [0.15, 0.2) is 30.8 Å². The maximum Gasteiger partial charge on any atom is 0.213 e. The summed E-state index contributed by atoms with van der Waals surface area (Å²) < 4.78 is 11.2. The molecule has 2 nitrogen and oxygen atoms in total. The summed E-state index contributed by atoms with van der Waals surface area (Å²) in [5.41, 5.74) is 2.54. The highest BCUT2D eigenvalue weighted by atomic mass is 28.3. The second-order valence-corrected chi connectivity index (χ2v) is 6.90. The predicted molar refractivity (Wildman–Crippen MR) is 83.7 cm³/mol. The average molecular weight is 277 g/mol. The number of hydrogen-bond donors (Lipinski definition) is 0. The van der Waals surface area contributed by atoms with Crippen LogP contribution in [0.5, 0.6) is 0 Å². The summed E-state index contributed by atoms with van der Waals surface area (Å²) in [6.07, 6.45) is 4.08. The molecule has 1 aromatic carbocycles. The van der Waals surface area contributed by atoms with E-state index in [1.165, 1.54) is 23.6 Å². The molecule has 1 radical (unpaired) electrons. The van der Waals surface area contributed by atoms with Crippen molar-refractivity contribution in [1.29, 1.82) is 0 Å². The largest absolute Gasteiger partial charge is 0.416 e. The minimum Gasteiger partial charge on any atom is -0.416 e. The first kappa shape index (κ1) is 16.2. The van der Waals surface area contributed by atoms with Crippen molar-refractivity contribution in [3.63, 3.8) is 0 Å². The Bertz CT molecular complexity index is 366. The Kier molecular flexibility index (Phi) is 8.46. The lowest BCUT2D eigenvalue weighted by molar-refractivity contribution is 0.208. The third kappa shape index (κ3) is 6.19. The molecule has 105 valence electrons. The average Bonchev–Trinajstić information content (AvgIpc) is 2.45. The lowest BCUT2D eigenvalue weighted by atomic mass is 10.1. The molecule has 0 N–H and O–H groups in total. The van der Waals surface area contributed by atoms with E-state index < -0.39 is 9.04 Å². The molecule has 0 amide bonds. The molecule has 0 saturated carbocycles. The highest BCUT2D eigenvalue weighted by Crippen LogP contribution is 2.12. The Balaban J connectivity index is 2.40. The molecule has 0 heterocycles. The van der Waals surface area contributed by atoms with E-state index >= 15 is 0 Å². The second-order valence-electron chi connectivity index (χ2n) is 4.53. The first-order valence-corrected chi connectivity index (χ1v) is 8.80. The standard InChI is InChI=1S/C16H25O2Si/c1-4-13-19(14-12-17-3)18-11-10-16-9-7-6-8-15(16)5-2/h5-9H,2,4,10-14H2,1,3H3. The molecule has 0 bridgehead atoms. The fourth-order valence-electron chi connectivity index (χ4n) is 2.03. The van der Waals surface area contributed by atoms with Crippen molar-refractivity contribution >= 4 is 15.1 Å². The first-order valence-electron chi connectivity index (χ1n) is 6.98. The van der Waals surface area contributed by atoms with Gasteiger partial charge in [-0.1, -0.05) is 50.3 Å². The highest BCUT2D eigenvalue weighted by Gasteiger charge is 2.12. The fraction of sp³-hybridized carbons (Fsp3) is 0.500. The number of ether oxygens (including phenoxy) is 1. The molecule has 0 aliphatic rings. The number of rotatable bonds is 10. The van der Waals surface area contributed by atoms with E-state index in [0.29, 0.717) is 0 Å². The highest BCUT2D eigenvalue weighted by molar-refractivity contribution is 6.51. The van der Waals surface area contributed by atoms with Crippen molar-refractivity contribution in [1.82, 2.24) is 0 Å². The maximum atomic E-state index is 6.08.